The lowest BCUT2D eigenvalue weighted by Crippen LogP contribution is -2.40. The minimum atomic E-state index is -0.895. The van der Waals surface area contributed by atoms with Gasteiger partial charge in [0.2, 0.25) is 5.91 Å². The number of hydrazone groups is 1. The number of rotatable bonds is 6. The van der Waals surface area contributed by atoms with Gasteiger partial charge >= 0.3 is 0 Å². The molecule has 0 aliphatic carbocycles. The van der Waals surface area contributed by atoms with Crippen LogP contribution >= 0.6 is 0 Å². The van der Waals surface area contributed by atoms with Crippen molar-refractivity contribution in [1.82, 2.24) is 5.32 Å². The first-order chi connectivity index (χ1) is 15.3. The third-order valence-electron chi connectivity index (χ3n) is 5.70. The van der Waals surface area contributed by atoms with Gasteiger partial charge in [0.15, 0.2) is 11.6 Å². The molecular weight excluding hydrogens is 423 g/mol. The molecule has 0 aromatic heterocycles. The average molecular weight is 445 g/mol. The molecule has 0 bridgehead atoms. The highest BCUT2D eigenvalue weighted by atomic mass is 19.2. The Morgan fingerprint density at radius 3 is 2.47 bits per heavy atom. The number of primary amides is 1. The van der Waals surface area contributed by atoms with Crippen LogP contribution in [0.4, 0.5) is 24.5 Å². The van der Waals surface area contributed by atoms with E-state index in [4.69, 9.17) is 5.73 Å². The van der Waals surface area contributed by atoms with Gasteiger partial charge in [0.1, 0.15) is 17.6 Å². The molecule has 32 heavy (non-hydrogen) atoms. The number of hydrogen-bond donors (Lipinski definition) is 2. The Bertz CT molecular complexity index is 1060. The van der Waals surface area contributed by atoms with E-state index in [1.165, 1.54) is 35.3 Å². The number of anilines is 2. The van der Waals surface area contributed by atoms with Crippen LogP contribution < -0.4 is 21.0 Å². The number of nitrogens with two attached hydrogens (primary N) is 1. The minimum absolute atomic E-state index is 0.0458. The maximum absolute atomic E-state index is 13.5. The molecule has 0 spiro atoms. The molecule has 0 radical (unpaired) electrons. The number of amides is 2. The van der Waals surface area contributed by atoms with E-state index in [1.807, 2.05) is 4.90 Å². The summed E-state index contributed by atoms with van der Waals surface area (Å²) in [6.07, 6.45) is 0.821. The predicted octanol–water partition coefficient (Wildman–Crippen LogP) is 2.17. The Labute approximate surface area is 182 Å². The van der Waals surface area contributed by atoms with Crippen molar-refractivity contribution in [2.75, 3.05) is 29.5 Å². The molecular formula is C22H22F3N5O2. The highest BCUT2D eigenvalue weighted by Crippen LogP contribution is 2.26. The maximum Gasteiger partial charge on any atom is 0.267 e. The summed E-state index contributed by atoms with van der Waals surface area (Å²) in [6.45, 7) is 1.62. The maximum atomic E-state index is 13.5. The van der Waals surface area contributed by atoms with Crippen molar-refractivity contribution in [3.8, 4) is 0 Å². The van der Waals surface area contributed by atoms with Gasteiger partial charge in [-0.3, -0.25) is 14.6 Å². The molecule has 2 amide bonds. The highest BCUT2D eigenvalue weighted by Gasteiger charge is 2.35. The zero-order valence-corrected chi connectivity index (χ0v) is 17.1. The molecule has 2 unspecified atom stereocenters. The first-order valence-electron chi connectivity index (χ1n) is 10.2. The summed E-state index contributed by atoms with van der Waals surface area (Å²) in [5.74, 6) is -3.15. The fourth-order valence-electron chi connectivity index (χ4n) is 3.96. The Balaban J connectivity index is 1.36. The second-order valence-electron chi connectivity index (χ2n) is 7.90. The second-order valence-corrected chi connectivity index (χ2v) is 7.90. The smallest absolute Gasteiger partial charge is 0.267 e. The first-order valence-corrected chi connectivity index (χ1v) is 10.2. The lowest BCUT2D eigenvalue weighted by atomic mass is 10.1. The third kappa shape index (κ3) is 4.53. The molecule has 168 valence electrons. The summed E-state index contributed by atoms with van der Waals surface area (Å²) in [6, 6.07) is 8.34. The van der Waals surface area contributed by atoms with E-state index in [2.05, 4.69) is 10.4 Å². The average Bonchev–Trinajstić information content (AvgIpc) is 3.42. The van der Waals surface area contributed by atoms with Crippen LogP contribution in [-0.2, 0) is 9.59 Å². The standard InChI is InChI=1S/C22H22F3N5O2/c23-14-1-3-15(4-2-14)30-20(21(26)31)10-19(28-30)22(32)27-11-13-7-8-29(12-13)16-5-6-17(24)18(25)9-16/h1-6,9,13,20H,7-8,10-12H2,(H2,26,31)(H,27,32). The normalized spacial score (nSPS) is 20.4. The van der Waals surface area contributed by atoms with E-state index < -0.39 is 35.3 Å². The number of hydrogen-bond acceptors (Lipinski definition) is 5. The Kier molecular flexibility index (Phi) is 6.02. The van der Waals surface area contributed by atoms with Crippen molar-refractivity contribution in [2.24, 2.45) is 16.8 Å². The van der Waals surface area contributed by atoms with E-state index in [-0.39, 0.29) is 18.1 Å². The van der Waals surface area contributed by atoms with Crippen LogP contribution in [0.1, 0.15) is 12.8 Å². The molecule has 2 aromatic rings. The largest absolute Gasteiger partial charge is 0.371 e. The molecule has 2 atom stereocenters. The molecule has 10 heteroatoms. The molecule has 0 saturated carbocycles. The van der Waals surface area contributed by atoms with E-state index in [0.29, 0.717) is 31.0 Å². The number of nitrogens with zero attached hydrogens (tertiary/aromatic N) is 3. The van der Waals surface area contributed by atoms with E-state index in [9.17, 15) is 22.8 Å². The summed E-state index contributed by atoms with van der Waals surface area (Å²) < 4.78 is 39.8. The Hall–Kier alpha value is -3.56. The Morgan fingerprint density at radius 2 is 1.78 bits per heavy atom. The van der Waals surface area contributed by atoms with Gasteiger partial charge in [0.05, 0.1) is 5.69 Å². The van der Waals surface area contributed by atoms with E-state index in [0.717, 1.165) is 18.6 Å². The fraction of sp³-hybridized carbons (Fsp3) is 0.318. The van der Waals surface area contributed by atoms with Crippen LogP contribution in [0.15, 0.2) is 47.6 Å². The summed E-state index contributed by atoms with van der Waals surface area (Å²) in [5.41, 5.74) is 6.68. The number of carbonyl (C=O) groups is 2. The minimum Gasteiger partial charge on any atom is -0.371 e. The van der Waals surface area contributed by atoms with Crippen LogP contribution in [0.5, 0.6) is 0 Å². The van der Waals surface area contributed by atoms with Crippen molar-refractivity contribution >= 4 is 28.9 Å². The molecule has 2 aromatic carbocycles. The van der Waals surface area contributed by atoms with E-state index >= 15 is 0 Å². The third-order valence-corrected chi connectivity index (χ3v) is 5.70. The van der Waals surface area contributed by atoms with Gasteiger partial charge in [0.25, 0.3) is 5.91 Å². The van der Waals surface area contributed by atoms with Crippen LogP contribution in [-0.4, -0.2) is 43.2 Å². The van der Waals surface area contributed by atoms with Crippen molar-refractivity contribution in [2.45, 2.75) is 18.9 Å². The zero-order valence-electron chi connectivity index (χ0n) is 17.1. The molecule has 4 rings (SSSR count). The molecule has 1 fully saturated rings. The summed E-state index contributed by atoms with van der Waals surface area (Å²) in [7, 11) is 0. The number of nitrogens with one attached hydrogen (secondary N) is 1. The van der Waals surface area contributed by atoms with Crippen LogP contribution in [0, 0.1) is 23.4 Å². The first kappa shape index (κ1) is 21.7. The van der Waals surface area contributed by atoms with E-state index in [1.54, 1.807) is 0 Å². The highest BCUT2D eigenvalue weighted by molar-refractivity contribution is 6.40. The summed E-state index contributed by atoms with van der Waals surface area (Å²) >= 11 is 0. The summed E-state index contributed by atoms with van der Waals surface area (Å²) in [4.78, 5) is 26.4. The fourth-order valence-corrected chi connectivity index (χ4v) is 3.96. The molecule has 7 nitrogen and oxygen atoms in total. The van der Waals surface area contributed by atoms with Crippen molar-refractivity contribution in [3.63, 3.8) is 0 Å². The topological polar surface area (TPSA) is 91.0 Å². The van der Waals surface area contributed by atoms with Gasteiger partial charge < -0.3 is 16.0 Å². The van der Waals surface area contributed by atoms with Crippen molar-refractivity contribution < 1.29 is 22.8 Å². The molecule has 3 N–H and O–H groups in total. The van der Waals surface area contributed by atoms with Gasteiger partial charge in [-0.25, -0.2) is 13.2 Å². The molecule has 1 saturated heterocycles. The van der Waals surface area contributed by atoms with Crippen LogP contribution in [0.25, 0.3) is 0 Å². The number of benzene rings is 2. The number of halogens is 3. The lowest BCUT2D eigenvalue weighted by Gasteiger charge is -2.20. The zero-order chi connectivity index (χ0) is 22.8. The van der Waals surface area contributed by atoms with Gasteiger partial charge in [0, 0.05) is 37.8 Å². The van der Waals surface area contributed by atoms with Gasteiger partial charge in [-0.15, -0.1) is 0 Å². The summed E-state index contributed by atoms with van der Waals surface area (Å²) in [5, 5.41) is 8.40. The van der Waals surface area contributed by atoms with Gasteiger partial charge in [-0.1, -0.05) is 0 Å². The number of carbonyl (C=O) groups excluding carboxylic acids is 2. The van der Waals surface area contributed by atoms with Crippen molar-refractivity contribution in [3.05, 3.63) is 59.9 Å². The molecule has 2 aliphatic heterocycles. The SMILES string of the molecule is NC(=O)C1CC(C(=O)NCC2CCN(c3ccc(F)c(F)c3)C2)=NN1c1ccc(F)cc1. The molecule has 2 heterocycles. The quantitative estimate of drug-likeness (QED) is 0.713. The predicted molar refractivity (Wildman–Crippen MR) is 114 cm³/mol. The Morgan fingerprint density at radius 1 is 1.06 bits per heavy atom. The van der Waals surface area contributed by atoms with Crippen molar-refractivity contribution in [1.29, 1.82) is 0 Å². The van der Waals surface area contributed by atoms with Crippen LogP contribution in [0.2, 0.25) is 0 Å². The van der Waals surface area contributed by atoms with Gasteiger partial charge in [-0.05, 0) is 48.7 Å². The second kappa shape index (κ2) is 8.89. The van der Waals surface area contributed by atoms with Crippen LogP contribution in [0.3, 0.4) is 0 Å². The lowest BCUT2D eigenvalue weighted by molar-refractivity contribution is -0.119. The van der Waals surface area contributed by atoms with Gasteiger partial charge in [-0.2, -0.15) is 5.10 Å². The molecule has 2 aliphatic rings. The monoisotopic (exact) mass is 445 g/mol.